The van der Waals surface area contributed by atoms with Crippen molar-refractivity contribution in [3.05, 3.63) is 0 Å². The molecule has 0 aromatic heterocycles. The molecule has 1 aliphatic heterocycles. The van der Waals surface area contributed by atoms with Gasteiger partial charge in [0, 0.05) is 25.3 Å². The van der Waals surface area contributed by atoms with Gasteiger partial charge in [0.15, 0.2) is 0 Å². The summed E-state index contributed by atoms with van der Waals surface area (Å²) in [6, 6.07) is 0. The first-order valence-electron chi connectivity index (χ1n) is 5.87. The number of piperidine rings is 1. The Morgan fingerprint density at radius 3 is 2.39 bits per heavy atom. The summed E-state index contributed by atoms with van der Waals surface area (Å²) < 4.78 is 0. The molecule has 0 unspecified atom stereocenters. The van der Waals surface area contributed by atoms with E-state index in [0.29, 0.717) is 38.1 Å². The number of hydrogen-bond acceptors (Lipinski definition) is 4. The molecular weight excluding hydrogens is 256 g/mol. The first-order valence-corrected chi connectivity index (χ1v) is 7.03. The quantitative estimate of drug-likeness (QED) is 0.660. The normalized spacial score (nSPS) is 16.6. The molecule has 1 fully saturated rings. The number of primary amides is 1. The van der Waals surface area contributed by atoms with E-state index in [2.05, 4.69) is 0 Å². The van der Waals surface area contributed by atoms with Gasteiger partial charge in [-0.25, -0.2) is 0 Å². The summed E-state index contributed by atoms with van der Waals surface area (Å²) in [5.74, 6) is -0.655. The molecule has 0 radical (unpaired) electrons. The zero-order valence-corrected chi connectivity index (χ0v) is 10.9. The number of amides is 2. The first-order chi connectivity index (χ1) is 8.50. The van der Waals surface area contributed by atoms with E-state index in [-0.39, 0.29) is 23.5 Å². The Labute approximate surface area is 110 Å². The van der Waals surface area contributed by atoms with Crippen molar-refractivity contribution in [2.75, 3.05) is 24.6 Å². The summed E-state index contributed by atoms with van der Waals surface area (Å²) in [6.45, 7) is 1.02. The van der Waals surface area contributed by atoms with Crippen molar-refractivity contribution in [1.82, 2.24) is 4.90 Å². The molecule has 1 aliphatic rings. The van der Waals surface area contributed by atoms with Gasteiger partial charge in [-0.1, -0.05) is 0 Å². The molecule has 0 bridgehead atoms. The minimum atomic E-state index is -0.779. The van der Waals surface area contributed by atoms with Gasteiger partial charge in [-0.15, -0.1) is 0 Å². The third kappa shape index (κ3) is 4.95. The Morgan fingerprint density at radius 2 is 1.89 bits per heavy atom. The SMILES string of the molecule is NC(=O)CSCCC(=O)N1CCC(C(=O)O)CC1. The second-order valence-corrected chi connectivity index (χ2v) is 5.37. The summed E-state index contributed by atoms with van der Waals surface area (Å²) in [6.07, 6.45) is 1.42. The van der Waals surface area contributed by atoms with Crippen molar-refractivity contribution >= 4 is 29.5 Å². The number of carbonyl (C=O) groups excluding carboxylic acids is 2. The van der Waals surface area contributed by atoms with E-state index in [0.717, 1.165) is 0 Å². The number of aliphatic carboxylic acids is 1. The molecule has 1 saturated heterocycles. The van der Waals surface area contributed by atoms with Crippen LogP contribution in [0.5, 0.6) is 0 Å². The van der Waals surface area contributed by atoms with Gasteiger partial charge < -0.3 is 15.7 Å². The summed E-state index contributed by atoms with van der Waals surface area (Å²) in [5, 5.41) is 8.84. The Bertz CT molecular complexity index is 327. The highest BCUT2D eigenvalue weighted by Gasteiger charge is 2.26. The van der Waals surface area contributed by atoms with E-state index in [9.17, 15) is 14.4 Å². The predicted molar refractivity (Wildman–Crippen MR) is 68.1 cm³/mol. The maximum Gasteiger partial charge on any atom is 0.306 e. The lowest BCUT2D eigenvalue weighted by atomic mass is 9.97. The van der Waals surface area contributed by atoms with Gasteiger partial charge in [0.1, 0.15) is 0 Å². The van der Waals surface area contributed by atoms with Crippen molar-refractivity contribution in [3.63, 3.8) is 0 Å². The van der Waals surface area contributed by atoms with Crippen LogP contribution in [0.4, 0.5) is 0 Å². The summed E-state index contributed by atoms with van der Waals surface area (Å²) in [4.78, 5) is 34.7. The summed E-state index contributed by atoms with van der Waals surface area (Å²) in [7, 11) is 0. The molecule has 0 aromatic carbocycles. The van der Waals surface area contributed by atoms with Gasteiger partial charge in [0.25, 0.3) is 0 Å². The molecule has 3 N–H and O–H groups in total. The van der Waals surface area contributed by atoms with Crippen LogP contribution in [0.3, 0.4) is 0 Å². The van der Waals surface area contributed by atoms with E-state index in [1.54, 1.807) is 4.90 Å². The van der Waals surface area contributed by atoms with Crippen LogP contribution in [0.2, 0.25) is 0 Å². The van der Waals surface area contributed by atoms with Gasteiger partial charge >= 0.3 is 5.97 Å². The minimum Gasteiger partial charge on any atom is -0.481 e. The third-order valence-electron chi connectivity index (χ3n) is 2.90. The Hall–Kier alpha value is -1.24. The zero-order valence-electron chi connectivity index (χ0n) is 10.1. The maximum absolute atomic E-state index is 11.8. The lowest BCUT2D eigenvalue weighted by Gasteiger charge is -2.30. The molecule has 0 aliphatic carbocycles. The van der Waals surface area contributed by atoms with Crippen LogP contribution in [-0.4, -0.2) is 52.4 Å². The van der Waals surface area contributed by atoms with E-state index >= 15 is 0 Å². The molecule has 18 heavy (non-hydrogen) atoms. The third-order valence-corrected chi connectivity index (χ3v) is 3.88. The van der Waals surface area contributed by atoms with Crippen molar-refractivity contribution in [3.8, 4) is 0 Å². The van der Waals surface area contributed by atoms with Crippen LogP contribution < -0.4 is 5.73 Å². The van der Waals surface area contributed by atoms with E-state index in [1.807, 2.05) is 0 Å². The number of rotatable bonds is 6. The van der Waals surface area contributed by atoms with Crippen LogP contribution in [0.15, 0.2) is 0 Å². The Balaban J connectivity index is 2.20. The highest BCUT2D eigenvalue weighted by molar-refractivity contribution is 7.99. The molecule has 0 atom stereocenters. The molecule has 6 nitrogen and oxygen atoms in total. The van der Waals surface area contributed by atoms with Gasteiger partial charge in [-0.3, -0.25) is 14.4 Å². The standard InChI is InChI=1S/C11H18N2O4S/c12-9(14)7-18-6-3-10(15)13-4-1-8(2-5-13)11(16)17/h8H,1-7H2,(H2,12,14)(H,16,17). The highest BCUT2D eigenvalue weighted by Crippen LogP contribution is 2.18. The van der Waals surface area contributed by atoms with Crippen molar-refractivity contribution in [2.45, 2.75) is 19.3 Å². The van der Waals surface area contributed by atoms with E-state index in [1.165, 1.54) is 11.8 Å². The number of carboxylic acid groups (broad SMARTS) is 1. The van der Waals surface area contributed by atoms with Gasteiger partial charge in [-0.05, 0) is 12.8 Å². The lowest BCUT2D eigenvalue weighted by molar-refractivity contribution is -0.145. The molecule has 7 heteroatoms. The number of carbonyl (C=O) groups is 3. The molecule has 0 saturated carbocycles. The van der Waals surface area contributed by atoms with E-state index in [4.69, 9.17) is 10.8 Å². The monoisotopic (exact) mass is 274 g/mol. The fourth-order valence-corrected chi connectivity index (χ4v) is 2.53. The smallest absolute Gasteiger partial charge is 0.306 e. The molecule has 0 aromatic rings. The van der Waals surface area contributed by atoms with Gasteiger partial charge in [0.2, 0.25) is 11.8 Å². The van der Waals surface area contributed by atoms with Crippen LogP contribution in [0, 0.1) is 5.92 Å². The van der Waals surface area contributed by atoms with Crippen LogP contribution in [0.1, 0.15) is 19.3 Å². The average molecular weight is 274 g/mol. The van der Waals surface area contributed by atoms with E-state index < -0.39 is 5.97 Å². The summed E-state index contributed by atoms with van der Waals surface area (Å²) >= 11 is 1.34. The maximum atomic E-state index is 11.8. The molecule has 1 rings (SSSR count). The fourth-order valence-electron chi connectivity index (χ4n) is 1.87. The predicted octanol–water partition coefficient (Wildman–Crippen LogP) is -0.0818. The fraction of sp³-hybridized carbons (Fsp3) is 0.727. The number of thioether (sulfide) groups is 1. The number of hydrogen-bond donors (Lipinski definition) is 2. The number of carboxylic acids is 1. The Kier molecular flexibility index (Phi) is 5.97. The number of nitrogens with zero attached hydrogens (tertiary/aromatic N) is 1. The molecular formula is C11H18N2O4S. The minimum absolute atomic E-state index is 0.0239. The summed E-state index contributed by atoms with van der Waals surface area (Å²) in [5.41, 5.74) is 4.99. The second-order valence-electron chi connectivity index (χ2n) is 4.26. The highest BCUT2D eigenvalue weighted by atomic mass is 32.2. The lowest BCUT2D eigenvalue weighted by Crippen LogP contribution is -2.40. The average Bonchev–Trinajstić information content (AvgIpc) is 2.34. The van der Waals surface area contributed by atoms with Crippen LogP contribution in [0.25, 0.3) is 0 Å². The molecule has 1 heterocycles. The van der Waals surface area contributed by atoms with Crippen molar-refractivity contribution in [1.29, 1.82) is 0 Å². The molecule has 102 valence electrons. The number of likely N-dealkylation sites (tertiary alicyclic amines) is 1. The van der Waals surface area contributed by atoms with Crippen molar-refractivity contribution < 1.29 is 19.5 Å². The van der Waals surface area contributed by atoms with Crippen molar-refractivity contribution in [2.24, 2.45) is 11.7 Å². The van der Waals surface area contributed by atoms with Gasteiger partial charge in [0.05, 0.1) is 11.7 Å². The zero-order chi connectivity index (χ0) is 13.5. The Morgan fingerprint density at radius 1 is 1.28 bits per heavy atom. The first kappa shape index (κ1) is 14.8. The molecule has 0 spiro atoms. The topological polar surface area (TPSA) is 101 Å². The van der Waals surface area contributed by atoms with Crippen LogP contribution in [-0.2, 0) is 14.4 Å². The van der Waals surface area contributed by atoms with Crippen LogP contribution >= 0.6 is 11.8 Å². The second kappa shape index (κ2) is 7.25. The molecule has 2 amide bonds. The van der Waals surface area contributed by atoms with Gasteiger partial charge in [-0.2, -0.15) is 11.8 Å². The number of nitrogens with two attached hydrogens (primary N) is 1. The largest absolute Gasteiger partial charge is 0.481 e.